The summed E-state index contributed by atoms with van der Waals surface area (Å²) in [6, 6.07) is 1.46. The molecule has 4 nitrogen and oxygen atoms in total. The van der Waals surface area contributed by atoms with Crippen molar-refractivity contribution in [2.75, 3.05) is 7.05 Å². The zero-order valence-corrected chi connectivity index (χ0v) is 14.8. The summed E-state index contributed by atoms with van der Waals surface area (Å²) in [5, 5.41) is 0.408. The van der Waals surface area contributed by atoms with Crippen LogP contribution in [0, 0.1) is 6.92 Å². The summed E-state index contributed by atoms with van der Waals surface area (Å²) in [6.07, 6.45) is 0. The van der Waals surface area contributed by atoms with Crippen molar-refractivity contribution >= 4 is 60.2 Å². The predicted molar refractivity (Wildman–Crippen MR) is 82.5 cm³/mol. The first-order valence-electron chi connectivity index (χ1n) is 5.12. The lowest BCUT2D eigenvalue weighted by atomic mass is 10.4. The maximum Gasteiger partial charge on any atom is 0.252 e. The van der Waals surface area contributed by atoms with E-state index in [9.17, 15) is 8.42 Å². The van der Waals surface area contributed by atoms with Crippen LogP contribution in [0.25, 0.3) is 0 Å². The van der Waals surface area contributed by atoms with E-state index in [1.54, 1.807) is 12.6 Å². The number of hydrogen-bond donors (Lipinski definition) is 0. The average Bonchev–Trinajstić information content (AvgIpc) is 2.87. The Morgan fingerprint density at radius 2 is 2.21 bits per heavy atom. The van der Waals surface area contributed by atoms with Gasteiger partial charge in [0.1, 0.15) is 4.21 Å². The van der Waals surface area contributed by atoms with Crippen molar-refractivity contribution in [2.45, 2.75) is 17.7 Å². The van der Waals surface area contributed by atoms with E-state index in [4.69, 9.17) is 11.6 Å². The van der Waals surface area contributed by atoms with Gasteiger partial charge in [-0.05, 0) is 28.9 Å². The van der Waals surface area contributed by atoms with E-state index < -0.39 is 10.0 Å². The van der Waals surface area contributed by atoms with Crippen molar-refractivity contribution in [1.82, 2.24) is 9.29 Å². The predicted octanol–water partition coefficient (Wildman–Crippen LogP) is 3.75. The van der Waals surface area contributed by atoms with Gasteiger partial charge in [0, 0.05) is 18.5 Å². The molecule has 0 aromatic carbocycles. The van der Waals surface area contributed by atoms with Gasteiger partial charge in [-0.25, -0.2) is 13.4 Å². The van der Waals surface area contributed by atoms with E-state index in [0.29, 0.717) is 15.4 Å². The van der Waals surface area contributed by atoms with E-state index in [1.807, 2.05) is 6.92 Å². The van der Waals surface area contributed by atoms with Crippen molar-refractivity contribution in [2.24, 2.45) is 0 Å². The molecule has 2 heterocycles. The minimum absolute atomic E-state index is 0.231. The maximum atomic E-state index is 12.4. The quantitative estimate of drug-likeness (QED) is 0.784. The number of aryl methyl sites for hydroxylation is 1. The molecule has 0 saturated carbocycles. The Hall–Kier alpha value is 0.01000. The zero-order valence-electron chi connectivity index (χ0n) is 10.1. The smallest absolute Gasteiger partial charge is 0.250 e. The lowest BCUT2D eigenvalue weighted by Gasteiger charge is -2.15. The van der Waals surface area contributed by atoms with Gasteiger partial charge in [-0.15, -0.1) is 22.7 Å². The Labute approximate surface area is 133 Å². The Kier molecular flexibility index (Phi) is 4.69. The molecule has 0 saturated heterocycles. The monoisotopic (exact) mass is 400 g/mol. The van der Waals surface area contributed by atoms with Crippen LogP contribution in [-0.2, 0) is 16.6 Å². The van der Waals surface area contributed by atoms with E-state index in [0.717, 1.165) is 21.9 Å². The van der Waals surface area contributed by atoms with Crippen molar-refractivity contribution < 1.29 is 8.42 Å². The zero-order chi connectivity index (χ0) is 14.2. The van der Waals surface area contributed by atoms with Crippen LogP contribution in [0.4, 0.5) is 0 Å². The van der Waals surface area contributed by atoms with Gasteiger partial charge in [-0.2, -0.15) is 4.31 Å². The third-order valence-electron chi connectivity index (χ3n) is 2.50. The van der Waals surface area contributed by atoms with Crippen molar-refractivity contribution in [1.29, 1.82) is 0 Å². The first-order valence-corrected chi connectivity index (χ1v) is 9.43. The second kappa shape index (κ2) is 5.79. The van der Waals surface area contributed by atoms with E-state index in [1.165, 1.54) is 21.7 Å². The van der Waals surface area contributed by atoms with Crippen molar-refractivity contribution in [3.8, 4) is 0 Å². The highest BCUT2D eigenvalue weighted by Crippen LogP contribution is 2.36. The Morgan fingerprint density at radius 1 is 1.53 bits per heavy atom. The van der Waals surface area contributed by atoms with E-state index in [2.05, 4.69) is 20.9 Å². The molecule has 0 aliphatic rings. The van der Waals surface area contributed by atoms with Gasteiger partial charge in [0.15, 0.2) is 0 Å². The van der Waals surface area contributed by atoms with Crippen LogP contribution in [0.1, 0.15) is 10.6 Å². The highest BCUT2D eigenvalue weighted by atomic mass is 79.9. The molecule has 0 amide bonds. The van der Waals surface area contributed by atoms with E-state index >= 15 is 0 Å². The standard InChI is InChI=1S/C10H10BrClN2O2S3/c1-6-8(17-5-13-6)4-14(2)19(15,16)9-3-7(12)10(11)18-9/h3,5H,4H2,1-2H3. The van der Waals surface area contributed by atoms with Crippen LogP contribution in [0.15, 0.2) is 19.6 Å². The van der Waals surface area contributed by atoms with Crippen LogP contribution in [0.2, 0.25) is 5.02 Å². The summed E-state index contributed by atoms with van der Waals surface area (Å²) in [7, 11) is -1.97. The van der Waals surface area contributed by atoms with Crippen LogP contribution in [0.5, 0.6) is 0 Å². The fraction of sp³-hybridized carbons (Fsp3) is 0.300. The van der Waals surface area contributed by atoms with Gasteiger partial charge in [0.25, 0.3) is 10.0 Å². The number of nitrogens with zero attached hydrogens (tertiary/aromatic N) is 2. The Bertz CT molecular complexity index is 676. The van der Waals surface area contributed by atoms with Crippen molar-refractivity contribution in [3.63, 3.8) is 0 Å². The lowest BCUT2D eigenvalue weighted by molar-refractivity contribution is 0.470. The molecule has 2 rings (SSSR count). The average molecular weight is 402 g/mol. The second-order valence-electron chi connectivity index (χ2n) is 3.81. The summed E-state index contributed by atoms with van der Waals surface area (Å²) in [5.41, 5.74) is 2.57. The summed E-state index contributed by atoms with van der Waals surface area (Å²) in [6.45, 7) is 2.18. The van der Waals surface area contributed by atoms with E-state index in [-0.39, 0.29) is 4.21 Å². The fourth-order valence-electron chi connectivity index (χ4n) is 1.37. The fourth-order valence-corrected chi connectivity index (χ4v) is 6.03. The van der Waals surface area contributed by atoms with Gasteiger partial charge in [0.2, 0.25) is 0 Å². The van der Waals surface area contributed by atoms with Gasteiger partial charge >= 0.3 is 0 Å². The molecule has 19 heavy (non-hydrogen) atoms. The highest BCUT2D eigenvalue weighted by molar-refractivity contribution is 9.11. The number of halogens is 2. The molecular formula is C10H10BrClN2O2S3. The largest absolute Gasteiger partial charge is 0.252 e. The molecule has 2 aromatic heterocycles. The second-order valence-corrected chi connectivity index (χ2v) is 9.80. The first kappa shape index (κ1) is 15.4. The molecule has 0 radical (unpaired) electrons. The Morgan fingerprint density at radius 3 is 2.68 bits per heavy atom. The highest BCUT2D eigenvalue weighted by Gasteiger charge is 2.25. The van der Waals surface area contributed by atoms with Crippen LogP contribution in [-0.4, -0.2) is 24.8 Å². The van der Waals surface area contributed by atoms with Gasteiger partial charge in [-0.3, -0.25) is 0 Å². The van der Waals surface area contributed by atoms with Crippen LogP contribution < -0.4 is 0 Å². The van der Waals surface area contributed by atoms with Gasteiger partial charge in [0.05, 0.1) is 20.0 Å². The molecule has 0 fully saturated rings. The van der Waals surface area contributed by atoms with Gasteiger partial charge in [-0.1, -0.05) is 11.6 Å². The summed E-state index contributed by atoms with van der Waals surface area (Å²) in [4.78, 5) is 5.05. The summed E-state index contributed by atoms with van der Waals surface area (Å²) in [5.74, 6) is 0. The molecule has 0 spiro atoms. The molecule has 0 atom stereocenters. The minimum atomic E-state index is -3.52. The maximum absolute atomic E-state index is 12.4. The normalized spacial score (nSPS) is 12.3. The first-order chi connectivity index (χ1) is 8.82. The molecule has 0 N–H and O–H groups in total. The summed E-state index contributed by atoms with van der Waals surface area (Å²) < 4.78 is 26.9. The number of hydrogen-bond acceptors (Lipinski definition) is 5. The molecular weight excluding hydrogens is 392 g/mol. The molecule has 0 bridgehead atoms. The molecule has 0 aliphatic carbocycles. The van der Waals surface area contributed by atoms with Crippen LogP contribution in [0.3, 0.4) is 0 Å². The van der Waals surface area contributed by atoms with Crippen molar-refractivity contribution in [3.05, 3.63) is 31.0 Å². The lowest BCUT2D eigenvalue weighted by Crippen LogP contribution is -2.25. The molecule has 9 heteroatoms. The third kappa shape index (κ3) is 3.20. The number of sulfonamides is 1. The Balaban J connectivity index is 2.27. The summed E-state index contributed by atoms with van der Waals surface area (Å²) >= 11 is 11.7. The number of rotatable bonds is 4. The number of aromatic nitrogens is 1. The molecule has 0 unspecified atom stereocenters. The topological polar surface area (TPSA) is 50.3 Å². The third-order valence-corrected chi connectivity index (χ3v) is 8.15. The molecule has 104 valence electrons. The number of thiazole rings is 1. The molecule has 0 aliphatic heterocycles. The van der Waals surface area contributed by atoms with Gasteiger partial charge < -0.3 is 0 Å². The van der Waals surface area contributed by atoms with Crippen LogP contribution >= 0.6 is 50.2 Å². The minimum Gasteiger partial charge on any atom is -0.250 e. The SMILES string of the molecule is Cc1ncsc1CN(C)S(=O)(=O)c1cc(Cl)c(Br)s1. The molecule has 2 aromatic rings. The number of thiophene rings is 1.